The Morgan fingerprint density at radius 1 is 1.11 bits per heavy atom. The zero-order valence-electron chi connectivity index (χ0n) is 16.0. The third-order valence-electron chi connectivity index (χ3n) is 6.12. The first-order valence-corrected chi connectivity index (χ1v) is 10.2. The molecule has 1 aliphatic carbocycles. The van der Waals surface area contributed by atoms with Gasteiger partial charge in [-0.25, -0.2) is 0 Å². The molecule has 5 rings (SSSR count). The Kier molecular flexibility index (Phi) is 4.68. The molecule has 0 atom stereocenters. The molecule has 1 saturated heterocycles. The van der Waals surface area contributed by atoms with Crippen LogP contribution in [0.5, 0.6) is 11.5 Å². The second-order valence-corrected chi connectivity index (χ2v) is 7.93. The van der Waals surface area contributed by atoms with Crippen molar-refractivity contribution in [3.8, 4) is 22.8 Å². The maximum absolute atomic E-state index is 12.7. The number of benzene rings is 1. The van der Waals surface area contributed by atoms with E-state index < -0.39 is 0 Å². The summed E-state index contributed by atoms with van der Waals surface area (Å²) in [4.78, 5) is 17.1. The maximum Gasteiger partial charge on any atom is 0.237 e. The van der Waals surface area contributed by atoms with Crippen LogP contribution in [0.25, 0.3) is 11.3 Å². The van der Waals surface area contributed by atoms with Gasteiger partial charge in [0.1, 0.15) is 0 Å². The van der Waals surface area contributed by atoms with Gasteiger partial charge in [0.25, 0.3) is 0 Å². The molecule has 7 nitrogen and oxygen atoms in total. The van der Waals surface area contributed by atoms with Gasteiger partial charge in [-0.3, -0.25) is 14.8 Å². The van der Waals surface area contributed by atoms with Crippen molar-refractivity contribution in [3.63, 3.8) is 0 Å². The van der Waals surface area contributed by atoms with Gasteiger partial charge in [-0.2, -0.15) is 5.10 Å². The largest absolute Gasteiger partial charge is 0.454 e. The number of aromatic amines is 1. The number of nitrogens with zero attached hydrogens (tertiary/aromatic N) is 3. The van der Waals surface area contributed by atoms with E-state index in [9.17, 15) is 4.79 Å². The summed E-state index contributed by atoms with van der Waals surface area (Å²) in [7, 11) is 0. The first kappa shape index (κ1) is 17.6. The van der Waals surface area contributed by atoms with Crippen LogP contribution in [-0.2, 0) is 11.3 Å². The summed E-state index contributed by atoms with van der Waals surface area (Å²) >= 11 is 0. The van der Waals surface area contributed by atoms with Crippen LogP contribution in [0.3, 0.4) is 0 Å². The van der Waals surface area contributed by atoms with E-state index in [1.807, 2.05) is 24.4 Å². The molecule has 0 unspecified atom stereocenters. The van der Waals surface area contributed by atoms with Crippen LogP contribution in [0.1, 0.15) is 37.7 Å². The van der Waals surface area contributed by atoms with Crippen molar-refractivity contribution in [3.05, 3.63) is 30.0 Å². The van der Waals surface area contributed by atoms with Crippen LogP contribution in [0, 0.1) is 0 Å². The molecule has 28 heavy (non-hydrogen) atoms. The average Bonchev–Trinajstić information content (AvgIpc) is 3.37. The van der Waals surface area contributed by atoms with Crippen LogP contribution >= 0.6 is 0 Å². The standard InChI is InChI=1S/C21H26N4O3/c26-20-13-24(8-9-25(20)17-4-2-1-3-5-17)12-16-11-22-23-21(16)15-6-7-18-19(10-15)28-14-27-18/h6-7,10-11,17H,1-5,8-9,12-14H2,(H,22,23). The van der Waals surface area contributed by atoms with Crippen molar-refractivity contribution in [1.82, 2.24) is 20.0 Å². The molecule has 7 heteroatoms. The minimum atomic E-state index is 0.266. The Morgan fingerprint density at radius 2 is 1.96 bits per heavy atom. The molecule has 2 fully saturated rings. The molecule has 1 aromatic carbocycles. The zero-order valence-corrected chi connectivity index (χ0v) is 16.0. The summed E-state index contributed by atoms with van der Waals surface area (Å²) in [6.07, 6.45) is 8.02. The van der Waals surface area contributed by atoms with Gasteiger partial charge in [-0.15, -0.1) is 0 Å². The highest BCUT2D eigenvalue weighted by Crippen LogP contribution is 2.36. The number of nitrogens with one attached hydrogen (secondary N) is 1. The van der Waals surface area contributed by atoms with Crippen molar-refractivity contribution < 1.29 is 14.3 Å². The fraction of sp³-hybridized carbons (Fsp3) is 0.524. The predicted molar refractivity (Wildman–Crippen MR) is 104 cm³/mol. The van der Waals surface area contributed by atoms with E-state index >= 15 is 0 Å². The van der Waals surface area contributed by atoms with Gasteiger partial charge in [-0.1, -0.05) is 19.3 Å². The van der Waals surface area contributed by atoms with E-state index in [-0.39, 0.29) is 12.7 Å². The second kappa shape index (κ2) is 7.47. The summed E-state index contributed by atoms with van der Waals surface area (Å²) in [6.45, 7) is 3.21. The first-order chi connectivity index (χ1) is 13.8. The van der Waals surface area contributed by atoms with Gasteiger partial charge >= 0.3 is 0 Å². The highest BCUT2D eigenvalue weighted by molar-refractivity contribution is 5.79. The van der Waals surface area contributed by atoms with E-state index in [0.29, 0.717) is 19.1 Å². The van der Waals surface area contributed by atoms with Crippen molar-refractivity contribution in [1.29, 1.82) is 0 Å². The zero-order chi connectivity index (χ0) is 18.9. The van der Waals surface area contributed by atoms with Crippen molar-refractivity contribution in [2.24, 2.45) is 0 Å². The van der Waals surface area contributed by atoms with Crippen molar-refractivity contribution >= 4 is 5.91 Å². The minimum Gasteiger partial charge on any atom is -0.454 e. The Bertz CT molecular complexity index is 859. The van der Waals surface area contributed by atoms with Crippen molar-refractivity contribution in [2.45, 2.75) is 44.7 Å². The summed E-state index contributed by atoms with van der Waals surface area (Å²) in [5, 5.41) is 7.35. The number of aromatic nitrogens is 2. The molecule has 2 aliphatic heterocycles. The molecular weight excluding hydrogens is 356 g/mol. The fourth-order valence-corrected chi connectivity index (χ4v) is 4.62. The van der Waals surface area contributed by atoms with Crippen LogP contribution in [0.4, 0.5) is 0 Å². The van der Waals surface area contributed by atoms with E-state index in [0.717, 1.165) is 41.4 Å². The molecule has 0 spiro atoms. The normalized spacial score (nSPS) is 20.7. The van der Waals surface area contributed by atoms with Crippen LogP contribution < -0.4 is 9.47 Å². The van der Waals surface area contributed by atoms with E-state index in [1.54, 1.807) is 0 Å². The predicted octanol–water partition coefficient (Wildman–Crippen LogP) is 2.78. The molecule has 1 saturated carbocycles. The van der Waals surface area contributed by atoms with Gasteiger partial charge < -0.3 is 14.4 Å². The molecule has 148 valence electrons. The molecule has 1 aromatic heterocycles. The molecule has 1 amide bonds. The summed E-state index contributed by atoms with van der Waals surface area (Å²) in [5.74, 6) is 1.80. The Balaban J connectivity index is 1.27. The Labute approximate surface area is 164 Å². The van der Waals surface area contributed by atoms with Crippen molar-refractivity contribution in [2.75, 3.05) is 26.4 Å². The quantitative estimate of drug-likeness (QED) is 0.881. The lowest BCUT2D eigenvalue weighted by Crippen LogP contribution is -2.54. The number of hydrogen-bond donors (Lipinski definition) is 1. The number of piperazine rings is 1. The monoisotopic (exact) mass is 382 g/mol. The van der Waals surface area contributed by atoms with Gasteiger partial charge in [0.2, 0.25) is 12.7 Å². The average molecular weight is 382 g/mol. The molecule has 2 aromatic rings. The molecule has 3 heterocycles. The SMILES string of the molecule is O=C1CN(Cc2cn[nH]c2-c2ccc3c(c2)OCO3)CCN1C1CCCCC1. The third kappa shape index (κ3) is 3.35. The number of hydrogen-bond acceptors (Lipinski definition) is 5. The van der Waals surface area contributed by atoms with Crippen LogP contribution in [-0.4, -0.2) is 58.4 Å². The van der Waals surface area contributed by atoms with Crippen LogP contribution in [0.15, 0.2) is 24.4 Å². The lowest BCUT2D eigenvalue weighted by molar-refractivity contribution is -0.139. The number of carbonyl (C=O) groups excluding carboxylic acids is 1. The number of amides is 1. The van der Waals surface area contributed by atoms with Gasteiger partial charge in [0.15, 0.2) is 11.5 Å². The first-order valence-electron chi connectivity index (χ1n) is 10.2. The van der Waals surface area contributed by atoms with Gasteiger partial charge in [0.05, 0.1) is 18.4 Å². The molecule has 0 radical (unpaired) electrons. The lowest BCUT2D eigenvalue weighted by Gasteiger charge is -2.40. The fourth-order valence-electron chi connectivity index (χ4n) is 4.62. The second-order valence-electron chi connectivity index (χ2n) is 7.93. The summed E-state index contributed by atoms with van der Waals surface area (Å²) in [6, 6.07) is 6.37. The number of rotatable bonds is 4. The van der Waals surface area contributed by atoms with E-state index in [2.05, 4.69) is 20.0 Å². The lowest BCUT2D eigenvalue weighted by atomic mass is 9.93. The number of ether oxygens (including phenoxy) is 2. The van der Waals surface area contributed by atoms with E-state index in [4.69, 9.17) is 9.47 Å². The maximum atomic E-state index is 12.7. The minimum absolute atomic E-state index is 0.266. The molecule has 1 N–H and O–H groups in total. The molecule has 3 aliphatic rings. The smallest absolute Gasteiger partial charge is 0.237 e. The number of fused-ring (bicyclic) bond motifs is 1. The van der Waals surface area contributed by atoms with E-state index in [1.165, 1.54) is 32.1 Å². The molecular formula is C21H26N4O3. The van der Waals surface area contributed by atoms with Gasteiger partial charge in [-0.05, 0) is 31.0 Å². The Hall–Kier alpha value is -2.54. The number of H-pyrrole nitrogens is 1. The number of carbonyl (C=O) groups is 1. The third-order valence-corrected chi connectivity index (χ3v) is 6.12. The van der Waals surface area contributed by atoms with Gasteiger partial charge in [0, 0.05) is 36.8 Å². The highest BCUT2D eigenvalue weighted by Gasteiger charge is 2.30. The molecule has 0 bridgehead atoms. The highest BCUT2D eigenvalue weighted by atomic mass is 16.7. The summed E-state index contributed by atoms with van der Waals surface area (Å²) < 4.78 is 10.9. The Morgan fingerprint density at radius 3 is 2.82 bits per heavy atom. The summed E-state index contributed by atoms with van der Waals surface area (Å²) in [5.41, 5.74) is 3.09. The topological polar surface area (TPSA) is 70.7 Å². The van der Waals surface area contributed by atoms with Crippen LogP contribution in [0.2, 0.25) is 0 Å².